The molecule has 2 aliphatic rings. The first kappa shape index (κ1) is 15.0. The smallest absolute Gasteiger partial charge is 0.125 e. The second-order valence-electron chi connectivity index (χ2n) is 6.29. The predicted molar refractivity (Wildman–Crippen MR) is 81.0 cm³/mol. The fourth-order valence-corrected chi connectivity index (χ4v) is 3.44. The van der Waals surface area contributed by atoms with Crippen molar-refractivity contribution in [2.45, 2.75) is 31.7 Å². The monoisotopic (exact) mass is 293 g/mol. The third-order valence-corrected chi connectivity index (χ3v) is 4.84. The van der Waals surface area contributed by atoms with E-state index in [1.54, 1.807) is 0 Å². The third-order valence-electron chi connectivity index (χ3n) is 4.84. The van der Waals surface area contributed by atoms with Gasteiger partial charge in [-0.1, -0.05) is 0 Å². The summed E-state index contributed by atoms with van der Waals surface area (Å²) in [6.45, 7) is 4.65. The Balaban J connectivity index is 1.65. The van der Waals surface area contributed by atoms with Crippen LogP contribution >= 0.6 is 0 Å². The van der Waals surface area contributed by atoms with Gasteiger partial charge in [0.1, 0.15) is 5.82 Å². The quantitative estimate of drug-likeness (QED) is 0.901. The van der Waals surface area contributed by atoms with E-state index < -0.39 is 0 Å². The molecule has 0 aromatic carbocycles. The first-order valence-corrected chi connectivity index (χ1v) is 8.20. The molecule has 2 saturated heterocycles. The molecular weight excluding hydrogens is 266 g/mol. The zero-order valence-electron chi connectivity index (χ0n) is 13.0. The first-order valence-electron chi connectivity index (χ1n) is 8.20. The van der Waals surface area contributed by atoms with Crippen LogP contribution < -0.4 is 5.32 Å². The second kappa shape index (κ2) is 7.38. The van der Waals surface area contributed by atoms with E-state index in [0.29, 0.717) is 12.0 Å². The van der Waals surface area contributed by atoms with Gasteiger partial charge in [0, 0.05) is 45.9 Å². The number of hydrogen-bond donors (Lipinski definition) is 1. The van der Waals surface area contributed by atoms with E-state index >= 15 is 0 Å². The van der Waals surface area contributed by atoms with E-state index in [9.17, 15) is 0 Å². The van der Waals surface area contributed by atoms with Gasteiger partial charge in [0.25, 0.3) is 0 Å². The lowest BCUT2D eigenvalue weighted by molar-refractivity contribution is 0.0458. The molecule has 3 rings (SSSR count). The van der Waals surface area contributed by atoms with E-state index in [1.165, 1.54) is 12.8 Å². The number of aryl methyl sites for hydroxylation is 1. The molecule has 0 bridgehead atoms. The lowest BCUT2D eigenvalue weighted by Gasteiger charge is -2.32. The van der Waals surface area contributed by atoms with Crippen molar-refractivity contribution < 1.29 is 9.47 Å². The summed E-state index contributed by atoms with van der Waals surface area (Å²) < 4.78 is 13.1. The van der Waals surface area contributed by atoms with Crippen LogP contribution in [0.5, 0.6) is 0 Å². The first-order chi connectivity index (χ1) is 10.3. The SMILES string of the molecule is Cn1ccnc1C(NCC1CCOCC1)C1CCOCC1. The standard InChI is InChI=1S/C16H27N3O2/c1-19-7-6-17-16(19)15(14-4-10-21-11-5-14)18-12-13-2-8-20-9-3-13/h6-7,13-15,18H,2-5,8-12H2,1H3. The maximum Gasteiger partial charge on any atom is 0.125 e. The summed E-state index contributed by atoms with van der Waals surface area (Å²) in [7, 11) is 2.09. The van der Waals surface area contributed by atoms with Crippen molar-refractivity contribution in [1.82, 2.24) is 14.9 Å². The number of ether oxygens (including phenoxy) is 2. The van der Waals surface area contributed by atoms with Crippen LogP contribution in [0.3, 0.4) is 0 Å². The van der Waals surface area contributed by atoms with Gasteiger partial charge in [0.05, 0.1) is 6.04 Å². The van der Waals surface area contributed by atoms with Crippen LogP contribution in [0.25, 0.3) is 0 Å². The van der Waals surface area contributed by atoms with E-state index in [0.717, 1.165) is 57.6 Å². The number of imidazole rings is 1. The second-order valence-corrected chi connectivity index (χ2v) is 6.29. The van der Waals surface area contributed by atoms with Crippen molar-refractivity contribution >= 4 is 0 Å². The Bertz CT molecular complexity index is 423. The maximum atomic E-state index is 5.52. The molecule has 0 spiro atoms. The van der Waals surface area contributed by atoms with Gasteiger partial charge < -0.3 is 19.4 Å². The number of nitrogens with one attached hydrogen (secondary N) is 1. The summed E-state index contributed by atoms with van der Waals surface area (Å²) in [5, 5.41) is 3.81. The molecule has 0 aliphatic carbocycles. The van der Waals surface area contributed by atoms with Crippen molar-refractivity contribution in [3.8, 4) is 0 Å². The van der Waals surface area contributed by atoms with Gasteiger partial charge in [0.15, 0.2) is 0 Å². The van der Waals surface area contributed by atoms with Gasteiger partial charge in [-0.25, -0.2) is 4.98 Å². The number of nitrogens with zero attached hydrogens (tertiary/aromatic N) is 2. The van der Waals surface area contributed by atoms with Gasteiger partial charge in [-0.2, -0.15) is 0 Å². The zero-order valence-corrected chi connectivity index (χ0v) is 13.0. The summed E-state index contributed by atoms with van der Waals surface area (Å²) >= 11 is 0. The van der Waals surface area contributed by atoms with Crippen molar-refractivity contribution in [3.05, 3.63) is 18.2 Å². The van der Waals surface area contributed by atoms with E-state index in [4.69, 9.17) is 9.47 Å². The summed E-state index contributed by atoms with van der Waals surface area (Å²) in [5.41, 5.74) is 0. The maximum absolute atomic E-state index is 5.52. The Labute approximate surface area is 127 Å². The van der Waals surface area contributed by atoms with E-state index in [-0.39, 0.29) is 0 Å². The average Bonchev–Trinajstić information content (AvgIpc) is 2.96. The van der Waals surface area contributed by atoms with Crippen molar-refractivity contribution in [1.29, 1.82) is 0 Å². The molecule has 0 radical (unpaired) electrons. The zero-order chi connectivity index (χ0) is 14.5. The van der Waals surface area contributed by atoms with Gasteiger partial charge in [-0.3, -0.25) is 0 Å². The summed E-state index contributed by atoms with van der Waals surface area (Å²) in [5.74, 6) is 2.52. The Morgan fingerprint density at radius 3 is 2.48 bits per heavy atom. The van der Waals surface area contributed by atoms with Gasteiger partial charge in [0.2, 0.25) is 0 Å². The minimum atomic E-state index is 0.344. The molecule has 2 fully saturated rings. The fraction of sp³-hybridized carbons (Fsp3) is 0.812. The summed E-state index contributed by atoms with van der Waals surface area (Å²) in [4.78, 5) is 4.59. The van der Waals surface area contributed by atoms with E-state index in [2.05, 4.69) is 21.9 Å². The van der Waals surface area contributed by atoms with Crippen LogP contribution in [0.15, 0.2) is 12.4 Å². The van der Waals surface area contributed by atoms with Crippen LogP contribution in [0, 0.1) is 11.8 Å². The lowest BCUT2D eigenvalue weighted by atomic mass is 9.90. The predicted octanol–water partition coefficient (Wildman–Crippen LogP) is 1.90. The molecule has 3 heterocycles. The molecule has 0 saturated carbocycles. The molecule has 2 aliphatic heterocycles. The van der Waals surface area contributed by atoms with Crippen molar-refractivity contribution in [2.24, 2.45) is 18.9 Å². The molecule has 5 nitrogen and oxygen atoms in total. The molecule has 1 aromatic heterocycles. The molecule has 1 aromatic rings. The summed E-state index contributed by atoms with van der Waals surface area (Å²) in [6.07, 6.45) is 8.54. The van der Waals surface area contributed by atoms with Crippen LogP contribution in [0.4, 0.5) is 0 Å². The minimum Gasteiger partial charge on any atom is -0.381 e. The molecular formula is C16H27N3O2. The van der Waals surface area contributed by atoms with Crippen LogP contribution in [-0.4, -0.2) is 42.5 Å². The highest BCUT2D eigenvalue weighted by Gasteiger charge is 2.28. The number of rotatable bonds is 5. The topological polar surface area (TPSA) is 48.3 Å². The van der Waals surface area contributed by atoms with Crippen molar-refractivity contribution in [3.63, 3.8) is 0 Å². The normalized spacial score (nSPS) is 23.3. The average molecular weight is 293 g/mol. The molecule has 1 unspecified atom stereocenters. The lowest BCUT2D eigenvalue weighted by Crippen LogP contribution is -2.37. The largest absolute Gasteiger partial charge is 0.381 e. The van der Waals surface area contributed by atoms with Crippen LogP contribution in [0.2, 0.25) is 0 Å². The Morgan fingerprint density at radius 1 is 1.19 bits per heavy atom. The Morgan fingerprint density at radius 2 is 1.86 bits per heavy atom. The van der Waals surface area contributed by atoms with Crippen LogP contribution in [-0.2, 0) is 16.5 Å². The number of aromatic nitrogens is 2. The molecule has 1 atom stereocenters. The van der Waals surface area contributed by atoms with E-state index in [1.807, 2.05) is 12.4 Å². The highest BCUT2D eigenvalue weighted by atomic mass is 16.5. The number of hydrogen-bond acceptors (Lipinski definition) is 4. The van der Waals surface area contributed by atoms with Crippen LogP contribution in [0.1, 0.15) is 37.5 Å². The van der Waals surface area contributed by atoms with Gasteiger partial charge in [-0.15, -0.1) is 0 Å². The molecule has 21 heavy (non-hydrogen) atoms. The molecule has 1 N–H and O–H groups in total. The molecule has 118 valence electrons. The third kappa shape index (κ3) is 3.84. The minimum absolute atomic E-state index is 0.344. The van der Waals surface area contributed by atoms with Gasteiger partial charge in [-0.05, 0) is 44.1 Å². The van der Waals surface area contributed by atoms with Gasteiger partial charge >= 0.3 is 0 Å². The highest BCUT2D eigenvalue weighted by Crippen LogP contribution is 2.29. The molecule has 5 heteroatoms. The Kier molecular flexibility index (Phi) is 5.27. The summed E-state index contributed by atoms with van der Waals surface area (Å²) in [6, 6.07) is 0.344. The molecule has 0 amide bonds. The van der Waals surface area contributed by atoms with Crippen molar-refractivity contribution in [2.75, 3.05) is 33.0 Å². The Hall–Kier alpha value is -0.910. The fourth-order valence-electron chi connectivity index (χ4n) is 3.44. The highest BCUT2D eigenvalue weighted by molar-refractivity contribution is 5.02.